The summed E-state index contributed by atoms with van der Waals surface area (Å²) in [4.78, 5) is 20.6. The molecule has 1 fully saturated rings. The topological polar surface area (TPSA) is 98.5 Å². The normalized spacial score (nSPS) is 22.9. The largest absolute Gasteiger partial charge is 0.408 e. The zero-order chi connectivity index (χ0) is 19.9. The third-order valence-electron chi connectivity index (χ3n) is 4.79. The average Bonchev–Trinajstić information content (AvgIpc) is 3.05. The number of likely N-dealkylation sites (tertiary alicyclic amines) is 1. The summed E-state index contributed by atoms with van der Waals surface area (Å²) in [6.07, 6.45) is -1.84. The molecular weight excluding hydrogens is 373 g/mol. The van der Waals surface area contributed by atoms with Gasteiger partial charge in [0.05, 0.1) is 5.56 Å². The number of hydrogen-bond donors (Lipinski definition) is 4. The van der Waals surface area contributed by atoms with Crippen LogP contribution in [-0.4, -0.2) is 47.4 Å². The Morgan fingerprint density at radius 1 is 1.18 bits per heavy atom. The van der Waals surface area contributed by atoms with Gasteiger partial charge in [-0.15, -0.1) is 0 Å². The second kappa shape index (κ2) is 6.55. The molecule has 0 bridgehead atoms. The van der Waals surface area contributed by atoms with Crippen LogP contribution in [0.2, 0.25) is 0 Å². The SMILES string of the molecule is NC1(c2ccc(C(=O)N3CCC3)cc2)NC(=NCC(F)(F)F)c2cc[nH]c2N1. The predicted molar refractivity (Wildman–Crippen MR) is 97.8 cm³/mol. The summed E-state index contributed by atoms with van der Waals surface area (Å²) in [5, 5.41) is 5.90. The number of rotatable bonds is 3. The van der Waals surface area contributed by atoms with Crippen molar-refractivity contribution in [3.8, 4) is 0 Å². The third-order valence-corrected chi connectivity index (χ3v) is 4.79. The van der Waals surface area contributed by atoms with Crippen molar-refractivity contribution in [3.63, 3.8) is 0 Å². The molecule has 0 radical (unpaired) electrons. The van der Waals surface area contributed by atoms with Crippen molar-refractivity contribution in [2.45, 2.75) is 18.4 Å². The number of fused-ring (bicyclic) bond motifs is 1. The highest BCUT2D eigenvalue weighted by molar-refractivity contribution is 6.05. The molecule has 1 atom stereocenters. The lowest BCUT2D eigenvalue weighted by atomic mass is 10.0. The number of aromatic amines is 1. The molecular formula is C18H19F3N6O. The lowest BCUT2D eigenvalue weighted by Gasteiger charge is -2.38. The second-order valence-electron chi connectivity index (χ2n) is 6.83. The zero-order valence-electron chi connectivity index (χ0n) is 14.8. The second-order valence-corrected chi connectivity index (χ2v) is 6.83. The number of nitrogens with two attached hydrogens (primary N) is 1. The summed E-state index contributed by atoms with van der Waals surface area (Å²) in [6, 6.07) is 8.26. The molecule has 1 saturated heterocycles. The Bertz CT molecular complexity index is 916. The van der Waals surface area contributed by atoms with Gasteiger partial charge in [0.25, 0.3) is 5.91 Å². The molecule has 148 valence electrons. The summed E-state index contributed by atoms with van der Waals surface area (Å²) in [7, 11) is 0. The van der Waals surface area contributed by atoms with E-state index >= 15 is 0 Å². The number of hydrogen-bond acceptors (Lipinski definition) is 4. The molecule has 1 aromatic heterocycles. The van der Waals surface area contributed by atoms with Gasteiger partial charge >= 0.3 is 6.18 Å². The minimum Gasteiger partial charge on any atom is -0.348 e. The van der Waals surface area contributed by atoms with Gasteiger partial charge in [-0.25, -0.2) is 0 Å². The van der Waals surface area contributed by atoms with Crippen LogP contribution in [-0.2, 0) is 5.79 Å². The lowest BCUT2D eigenvalue weighted by molar-refractivity contribution is -0.118. The number of benzene rings is 1. The molecule has 0 aliphatic carbocycles. The minimum atomic E-state index is -4.42. The van der Waals surface area contributed by atoms with Gasteiger partial charge in [-0.2, -0.15) is 13.2 Å². The van der Waals surface area contributed by atoms with Crippen LogP contribution < -0.4 is 16.4 Å². The van der Waals surface area contributed by atoms with Crippen molar-refractivity contribution < 1.29 is 18.0 Å². The van der Waals surface area contributed by atoms with Crippen molar-refractivity contribution >= 4 is 17.6 Å². The summed E-state index contributed by atoms with van der Waals surface area (Å²) in [5.74, 6) is -0.938. The fraction of sp³-hybridized carbons (Fsp3) is 0.333. The molecule has 3 heterocycles. The Morgan fingerprint density at radius 3 is 2.50 bits per heavy atom. The van der Waals surface area contributed by atoms with Gasteiger partial charge in [0.2, 0.25) is 0 Å². The van der Waals surface area contributed by atoms with Crippen LogP contribution in [0.15, 0.2) is 41.5 Å². The number of aromatic nitrogens is 1. The third kappa shape index (κ3) is 3.42. The molecule has 1 unspecified atom stereocenters. The van der Waals surface area contributed by atoms with E-state index in [1.54, 1.807) is 41.4 Å². The number of carbonyl (C=O) groups excluding carboxylic acids is 1. The number of alkyl halides is 3. The molecule has 1 amide bonds. The number of aliphatic imine (C=N–C) groups is 1. The molecule has 0 saturated carbocycles. The van der Waals surface area contributed by atoms with Crippen molar-refractivity contribution in [2.24, 2.45) is 10.7 Å². The van der Waals surface area contributed by atoms with E-state index in [9.17, 15) is 18.0 Å². The summed E-state index contributed by atoms with van der Waals surface area (Å²) in [6.45, 7) is 0.178. The number of anilines is 1. The van der Waals surface area contributed by atoms with Crippen LogP contribution >= 0.6 is 0 Å². The Morgan fingerprint density at radius 2 is 1.89 bits per heavy atom. The van der Waals surface area contributed by atoms with Gasteiger partial charge < -0.3 is 20.5 Å². The standard InChI is InChI=1S/C18H19F3N6O/c19-17(20,21)10-24-15-13-6-7-23-14(13)25-18(22,26-15)12-4-2-11(3-5-12)16(28)27-8-1-9-27/h2-7,23,25H,1,8-10,22H2,(H,24,26). The monoisotopic (exact) mass is 392 g/mol. The van der Waals surface area contributed by atoms with E-state index in [1.165, 1.54) is 0 Å². The Hall–Kier alpha value is -3.01. The fourth-order valence-corrected chi connectivity index (χ4v) is 3.17. The molecule has 1 aromatic carbocycles. The van der Waals surface area contributed by atoms with E-state index < -0.39 is 18.5 Å². The fourth-order valence-electron chi connectivity index (χ4n) is 3.17. The van der Waals surface area contributed by atoms with E-state index in [0.717, 1.165) is 19.5 Å². The number of halogens is 3. The first-order valence-electron chi connectivity index (χ1n) is 8.79. The number of carbonyl (C=O) groups is 1. The van der Waals surface area contributed by atoms with Crippen molar-refractivity contribution in [2.75, 3.05) is 25.0 Å². The minimum absolute atomic E-state index is 0.0376. The van der Waals surface area contributed by atoms with Crippen LogP contribution in [0, 0.1) is 0 Å². The smallest absolute Gasteiger partial charge is 0.348 e. The van der Waals surface area contributed by atoms with Gasteiger partial charge in [-0.3, -0.25) is 15.5 Å². The summed E-state index contributed by atoms with van der Waals surface area (Å²) in [5.41, 5.74) is 7.96. The maximum Gasteiger partial charge on any atom is 0.408 e. The predicted octanol–water partition coefficient (Wildman–Crippen LogP) is 1.95. The van der Waals surface area contributed by atoms with Crippen molar-refractivity contribution in [3.05, 3.63) is 53.2 Å². The van der Waals surface area contributed by atoms with Crippen LogP contribution in [0.25, 0.3) is 0 Å². The van der Waals surface area contributed by atoms with Crippen molar-refractivity contribution in [1.29, 1.82) is 0 Å². The number of amidine groups is 1. The molecule has 2 aliphatic rings. The summed E-state index contributed by atoms with van der Waals surface area (Å²) < 4.78 is 37.9. The first kappa shape index (κ1) is 18.4. The van der Waals surface area contributed by atoms with E-state index in [-0.39, 0.29) is 11.7 Å². The molecule has 7 nitrogen and oxygen atoms in total. The van der Waals surface area contributed by atoms with Crippen molar-refractivity contribution in [1.82, 2.24) is 15.2 Å². The molecule has 28 heavy (non-hydrogen) atoms. The zero-order valence-corrected chi connectivity index (χ0v) is 14.8. The first-order chi connectivity index (χ1) is 13.3. The molecule has 2 aromatic rings. The maximum atomic E-state index is 12.6. The van der Waals surface area contributed by atoms with Crippen LogP contribution in [0.5, 0.6) is 0 Å². The Kier molecular flexibility index (Phi) is 4.30. The van der Waals surface area contributed by atoms with Gasteiger partial charge in [0, 0.05) is 30.4 Å². The van der Waals surface area contributed by atoms with Gasteiger partial charge in [0.1, 0.15) is 18.2 Å². The van der Waals surface area contributed by atoms with E-state index in [2.05, 4.69) is 20.6 Å². The van der Waals surface area contributed by atoms with Gasteiger partial charge in [0.15, 0.2) is 5.79 Å². The van der Waals surface area contributed by atoms with Crippen LogP contribution in [0.3, 0.4) is 0 Å². The number of nitrogens with one attached hydrogen (secondary N) is 3. The maximum absolute atomic E-state index is 12.6. The highest BCUT2D eigenvalue weighted by atomic mass is 19.4. The lowest BCUT2D eigenvalue weighted by Crippen LogP contribution is -2.61. The van der Waals surface area contributed by atoms with E-state index in [0.29, 0.717) is 22.5 Å². The Balaban J connectivity index is 1.61. The highest BCUT2D eigenvalue weighted by Gasteiger charge is 2.36. The van der Waals surface area contributed by atoms with Gasteiger partial charge in [-0.05, 0) is 24.6 Å². The van der Waals surface area contributed by atoms with E-state index in [4.69, 9.17) is 5.73 Å². The summed E-state index contributed by atoms with van der Waals surface area (Å²) >= 11 is 0. The first-order valence-corrected chi connectivity index (χ1v) is 8.79. The highest BCUT2D eigenvalue weighted by Crippen LogP contribution is 2.28. The quantitative estimate of drug-likeness (QED) is 0.642. The molecule has 0 spiro atoms. The molecule has 4 rings (SSSR count). The molecule has 10 heteroatoms. The molecule has 2 aliphatic heterocycles. The Labute approximate surface area is 158 Å². The number of nitrogens with zero attached hydrogens (tertiary/aromatic N) is 2. The average molecular weight is 392 g/mol. The van der Waals surface area contributed by atoms with Crippen LogP contribution in [0.1, 0.15) is 27.9 Å². The van der Waals surface area contributed by atoms with E-state index in [1.807, 2.05) is 0 Å². The number of H-pyrrole nitrogens is 1. The van der Waals surface area contributed by atoms with Gasteiger partial charge in [-0.1, -0.05) is 12.1 Å². The number of amides is 1. The molecule has 5 N–H and O–H groups in total. The van der Waals surface area contributed by atoms with Crippen LogP contribution in [0.4, 0.5) is 19.0 Å².